The summed E-state index contributed by atoms with van der Waals surface area (Å²) in [6, 6.07) is 4.03. The van der Waals surface area contributed by atoms with E-state index in [9.17, 15) is 23.3 Å². The maximum absolute atomic E-state index is 12.1. The van der Waals surface area contributed by atoms with E-state index in [0.29, 0.717) is 12.8 Å². The fourth-order valence-corrected chi connectivity index (χ4v) is 3.28. The molecule has 0 spiro atoms. The Kier molecular flexibility index (Phi) is 5.79. The van der Waals surface area contributed by atoms with Crippen LogP contribution in [-0.2, 0) is 14.8 Å². The Balaban J connectivity index is 2.84. The van der Waals surface area contributed by atoms with Crippen LogP contribution in [0.3, 0.4) is 0 Å². The molecular weight excluding hydrogens is 300 g/mol. The molecule has 0 aliphatic carbocycles. The highest BCUT2D eigenvalue weighted by Gasteiger charge is 2.27. The second kappa shape index (κ2) is 7.14. The molecule has 116 valence electrons. The first kappa shape index (κ1) is 17.1. The number of aliphatic carboxylic acids is 1. The molecule has 1 rings (SSSR count). The highest BCUT2D eigenvalue weighted by molar-refractivity contribution is 7.89. The van der Waals surface area contributed by atoms with Gasteiger partial charge in [-0.25, -0.2) is 13.1 Å². The molecule has 0 atom stereocenters. The zero-order valence-electron chi connectivity index (χ0n) is 11.4. The normalized spacial score (nSPS) is 11.3. The highest BCUT2D eigenvalue weighted by Crippen LogP contribution is 2.26. The Labute approximate surface area is 122 Å². The lowest BCUT2D eigenvalue weighted by molar-refractivity contribution is -0.387. The number of aryl methyl sites for hydroxylation is 1. The molecule has 0 aromatic heterocycles. The van der Waals surface area contributed by atoms with Crippen LogP contribution in [0, 0.1) is 17.0 Å². The van der Waals surface area contributed by atoms with E-state index in [2.05, 4.69) is 4.72 Å². The molecule has 9 heteroatoms. The molecule has 0 aliphatic rings. The van der Waals surface area contributed by atoms with Gasteiger partial charge >= 0.3 is 5.97 Å². The van der Waals surface area contributed by atoms with E-state index in [1.807, 2.05) is 0 Å². The van der Waals surface area contributed by atoms with Crippen LogP contribution in [0.2, 0.25) is 0 Å². The number of nitrogens with zero attached hydrogens (tertiary/aromatic N) is 1. The number of carboxylic acids is 1. The van der Waals surface area contributed by atoms with Gasteiger partial charge in [0.05, 0.1) is 4.92 Å². The van der Waals surface area contributed by atoms with Crippen LogP contribution in [0.4, 0.5) is 5.69 Å². The van der Waals surface area contributed by atoms with Gasteiger partial charge in [-0.2, -0.15) is 0 Å². The van der Waals surface area contributed by atoms with E-state index in [4.69, 9.17) is 5.11 Å². The van der Waals surface area contributed by atoms with E-state index in [1.54, 1.807) is 0 Å². The number of unbranched alkanes of at least 4 members (excludes halogenated alkanes) is 1. The highest BCUT2D eigenvalue weighted by atomic mass is 32.2. The first-order valence-electron chi connectivity index (χ1n) is 6.21. The topological polar surface area (TPSA) is 127 Å². The van der Waals surface area contributed by atoms with Crippen LogP contribution >= 0.6 is 0 Å². The molecule has 0 unspecified atom stereocenters. The molecule has 2 N–H and O–H groups in total. The van der Waals surface area contributed by atoms with Crippen molar-refractivity contribution in [3.05, 3.63) is 33.9 Å². The SMILES string of the molecule is Cc1cccc([N+](=O)[O-])c1S(=O)(=O)NCCCCC(=O)O. The molecule has 0 saturated heterocycles. The summed E-state index contributed by atoms with van der Waals surface area (Å²) in [4.78, 5) is 20.2. The largest absolute Gasteiger partial charge is 0.481 e. The third-order valence-electron chi connectivity index (χ3n) is 2.77. The molecular formula is C12H16N2O6S. The zero-order chi connectivity index (χ0) is 16.0. The Morgan fingerprint density at radius 2 is 2.05 bits per heavy atom. The van der Waals surface area contributed by atoms with Crippen LogP contribution < -0.4 is 4.72 Å². The minimum Gasteiger partial charge on any atom is -0.481 e. The Morgan fingerprint density at radius 3 is 2.62 bits per heavy atom. The van der Waals surface area contributed by atoms with E-state index < -0.39 is 26.6 Å². The lowest BCUT2D eigenvalue weighted by Crippen LogP contribution is -2.26. The third kappa shape index (κ3) is 4.80. The number of carbonyl (C=O) groups is 1. The lowest BCUT2D eigenvalue weighted by Gasteiger charge is -2.09. The maximum Gasteiger partial charge on any atom is 0.303 e. The standard InChI is InChI=1S/C12H16N2O6S/c1-9-5-4-6-10(14(17)18)12(9)21(19,20)13-8-3-2-7-11(15)16/h4-6,13H,2-3,7-8H2,1H3,(H,15,16). The van der Waals surface area contributed by atoms with Gasteiger partial charge in [0.2, 0.25) is 10.0 Å². The van der Waals surface area contributed by atoms with Crippen molar-refractivity contribution in [2.24, 2.45) is 0 Å². The maximum atomic E-state index is 12.1. The van der Waals surface area contributed by atoms with Gasteiger partial charge in [-0.1, -0.05) is 12.1 Å². The zero-order valence-corrected chi connectivity index (χ0v) is 12.2. The first-order chi connectivity index (χ1) is 9.75. The van der Waals surface area contributed by atoms with Crippen LogP contribution in [0.15, 0.2) is 23.1 Å². The van der Waals surface area contributed by atoms with Crippen molar-refractivity contribution in [1.82, 2.24) is 4.72 Å². The number of hydrogen-bond acceptors (Lipinski definition) is 5. The number of nitro groups is 1. The predicted molar refractivity (Wildman–Crippen MR) is 74.5 cm³/mol. The Hall–Kier alpha value is -2.00. The number of nitro benzene ring substituents is 1. The van der Waals surface area contributed by atoms with Crippen LogP contribution in [0.5, 0.6) is 0 Å². The smallest absolute Gasteiger partial charge is 0.303 e. The number of benzene rings is 1. The molecule has 0 radical (unpaired) electrons. The lowest BCUT2D eigenvalue weighted by atomic mass is 10.2. The van der Waals surface area contributed by atoms with Crippen molar-refractivity contribution in [2.75, 3.05) is 6.54 Å². The summed E-state index contributed by atoms with van der Waals surface area (Å²) in [6.07, 6.45) is 0.616. The summed E-state index contributed by atoms with van der Waals surface area (Å²) in [6.45, 7) is 1.51. The van der Waals surface area contributed by atoms with E-state index >= 15 is 0 Å². The number of hydrogen-bond donors (Lipinski definition) is 2. The minimum absolute atomic E-state index is 0.0289. The molecule has 0 aliphatic heterocycles. The van der Waals surface area contributed by atoms with Gasteiger partial charge in [-0.15, -0.1) is 0 Å². The van der Waals surface area contributed by atoms with Crippen molar-refractivity contribution < 1.29 is 23.2 Å². The van der Waals surface area contributed by atoms with Crippen molar-refractivity contribution in [1.29, 1.82) is 0 Å². The molecule has 8 nitrogen and oxygen atoms in total. The summed E-state index contributed by atoms with van der Waals surface area (Å²) < 4.78 is 26.5. The molecule has 1 aromatic rings. The molecule has 0 bridgehead atoms. The third-order valence-corrected chi connectivity index (χ3v) is 4.42. The summed E-state index contributed by atoms with van der Waals surface area (Å²) >= 11 is 0. The minimum atomic E-state index is -4.01. The van der Waals surface area contributed by atoms with E-state index in [0.717, 1.165) is 6.07 Å². The molecule has 0 amide bonds. The Bertz CT molecular complexity index is 641. The predicted octanol–water partition coefficient (Wildman–Crippen LogP) is 1.44. The first-order valence-corrected chi connectivity index (χ1v) is 7.69. The fraction of sp³-hybridized carbons (Fsp3) is 0.417. The van der Waals surface area contributed by atoms with Gasteiger partial charge in [0.1, 0.15) is 0 Å². The van der Waals surface area contributed by atoms with Crippen molar-refractivity contribution in [3.63, 3.8) is 0 Å². The Morgan fingerprint density at radius 1 is 1.38 bits per heavy atom. The average Bonchev–Trinajstić information content (AvgIpc) is 2.37. The van der Waals surface area contributed by atoms with Crippen LogP contribution in [0.25, 0.3) is 0 Å². The van der Waals surface area contributed by atoms with Gasteiger partial charge in [0.25, 0.3) is 5.69 Å². The monoisotopic (exact) mass is 316 g/mol. The van der Waals surface area contributed by atoms with Gasteiger partial charge in [-0.3, -0.25) is 14.9 Å². The van der Waals surface area contributed by atoms with Crippen molar-refractivity contribution in [2.45, 2.75) is 31.1 Å². The van der Waals surface area contributed by atoms with Gasteiger partial charge < -0.3 is 5.11 Å². The molecule has 21 heavy (non-hydrogen) atoms. The number of carboxylic acid groups (broad SMARTS) is 1. The van der Waals surface area contributed by atoms with Gasteiger partial charge in [-0.05, 0) is 25.3 Å². The van der Waals surface area contributed by atoms with Gasteiger partial charge in [0.15, 0.2) is 4.90 Å². The second-order valence-electron chi connectivity index (χ2n) is 4.43. The van der Waals surface area contributed by atoms with E-state index in [1.165, 1.54) is 19.1 Å². The van der Waals surface area contributed by atoms with Crippen LogP contribution in [-0.4, -0.2) is 31.0 Å². The van der Waals surface area contributed by atoms with Crippen molar-refractivity contribution in [3.8, 4) is 0 Å². The average molecular weight is 316 g/mol. The summed E-state index contributed by atoms with van der Waals surface area (Å²) in [7, 11) is -4.01. The van der Waals surface area contributed by atoms with Gasteiger partial charge in [0, 0.05) is 19.0 Å². The van der Waals surface area contributed by atoms with Crippen molar-refractivity contribution >= 4 is 21.7 Å². The molecule has 1 aromatic carbocycles. The summed E-state index contributed by atoms with van der Waals surface area (Å²) in [5, 5.41) is 19.4. The number of sulfonamides is 1. The number of nitrogens with one attached hydrogen (secondary N) is 1. The summed E-state index contributed by atoms with van der Waals surface area (Å²) in [5.41, 5.74) is -0.199. The molecule has 0 heterocycles. The summed E-state index contributed by atoms with van der Waals surface area (Å²) in [5.74, 6) is -0.951. The van der Waals surface area contributed by atoms with E-state index in [-0.39, 0.29) is 23.4 Å². The molecule has 0 saturated carbocycles. The molecule has 0 fully saturated rings. The second-order valence-corrected chi connectivity index (χ2v) is 6.13. The van der Waals surface area contributed by atoms with Crippen LogP contribution in [0.1, 0.15) is 24.8 Å². The fourth-order valence-electron chi connectivity index (χ4n) is 1.81. The number of rotatable bonds is 8. The quantitative estimate of drug-likeness (QED) is 0.424.